The quantitative estimate of drug-likeness (QED) is 0.775. The summed E-state index contributed by atoms with van der Waals surface area (Å²) in [7, 11) is 3.59. The molecule has 0 bridgehead atoms. The van der Waals surface area contributed by atoms with E-state index >= 15 is 0 Å². The molecule has 0 saturated heterocycles. The van der Waals surface area contributed by atoms with Crippen molar-refractivity contribution in [3.8, 4) is 0 Å². The minimum Gasteiger partial charge on any atom is -0.355 e. The van der Waals surface area contributed by atoms with Gasteiger partial charge in [0, 0.05) is 51.1 Å². The number of aromatic nitrogens is 2. The number of amides is 1. The summed E-state index contributed by atoms with van der Waals surface area (Å²) in [5.41, 5.74) is 3.07. The van der Waals surface area contributed by atoms with Crippen LogP contribution in [-0.2, 0) is 20.0 Å². The topological polar surface area (TPSA) is 59.0 Å². The fraction of sp³-hybridized carbons (Fsp3) is 0.333. The molecule has 0 unspecified atom stereocenters. The molecule has 5 nitrogen and oxygen atoms in total. The molecule has 0 spiro atoms. The number of nitrogens with one attached hydrogen (secondary N) is 2. The minimum atomic E-state index is -0.0549. The second-order valence-electron chi connectivity index (χ2n) is 4.65. The van der Waals surface area contributed by atoms with Crippen LogP contribution >= 0.6 is 0 Å². The fourth-order valence-corrected chi connectivity index (χ4v) is 2.01. The van der Waals surface area contributed by atoms with Crippen LogP contribution in [0.5, 0.6) is 0 Å². The molecular weight excluding hydrogens is 252 g/mol. The van der Waals surface area contributed by atoms with Crippen LogP contribution in [0.3, 0.4) is 0 Å². The summed E-state index contributed by atoms with van der Waals surface area (Å²) in [6.07, 6.45) is 2.76. The lowest BCUT2D eigenvalue weighted by atomic mass is 10.1. The molecule has 1 aromatic heterocycles. The molecule has 0 atom stereocenters. The Bertz CT molecular complexity index is 560. The average molecular weight is 272 g/mol. The number of carbonyl (C=O) groups is 1. The summed E-state index contributed by atoms with van der Waals surface area (Å²) in [5, 5.41) is 10.1. The van der Waals surface area contributed by atoms with Crippen LogP contribution < -0.4 is 10.6 Å². The third kappa shape index (κ3) is 3.68. The van der Waals surface area contributed by atoms with E-state index in [-0.39, 0.29) is 5.91 Å². The van der Waals surface area contributed by atoms with E-state index in [0.717, 1.165) is 19.5 Å². The SMILES string of the molecule is CNC(=O)c1ccc(CNCCc2ccnn2C)cc1. The Morgan fingerprint density at radius 1 is 1.25 bits per heavy atom. The molecule has 0 aliphatic carbocycles. The molecule has 1 amide bonds. The molecule has 0 radical (unpaired) electrons. The summed E-state index contributed by atoms with van der Waals surface area (Å²) in [4.78, 5) is 11.4. The van der Waals surface area contributed by atoms with Crippen molar-refractivity contribution in [3.05, 3.63) is 53.3 Å². The first-order valence-corrected chi connectivity index (χ1v) is 6.69. The zero-order valence-corrected chi connectivity index (χ0v) is 11.9. The highest BCUT2D eigenvalue weighted by Gasteiger charge is 2.02. The number of hydrogen-bond donors (Lipinski definition) is 2. The van der Waals surface area contributed by atoms with E-state index < -0.39 is 0 Å². The molecule has 106 valence electrons. The van der Waals surface area contributed by atoms with Gasteiger partial charge in [-0.25, -0.2) is 0 Å². The van der Waals surface area contributed by atoms with Crippen LogP contribution in [0.25, 0.3) is 0 Å². The van der Waals surface area contributed by atoms with E-state index in [4.69, 9.17) is 0 Å². The molecule has 1 heterocycles. The average Bonchev–Trinajstić information content (AvgIpc) is 2.89. The first kappa shape index (κ1) is 14.3. The van der Waals surface area contributed by atoms with Crippen molar-refractivity contribution in [1.29, 1.82) is 0 Å². The highest BCUT2D eigenvalue weighted by atomic mass is 16.1. The van der Waals surface area contributed by atoms with Gasteiger partial charge in [-0.3, -0.25) is 9.48 Å². The Labute approximate surface area is 119 Å². The van der Waals surface area contributed by atoms with Crippen molar-refractivity contribution in [2.24, 2.45) is 7.05 Å². The monoisotopic (exact) mass is 272 g/mol. The van der Waals surface area contributed by atoms with Crippen LogP contribution in [0.15, 0.2) is 36.5 Å². The van der Waals surface area contributed by atoms with Crippen LogP contribution in [-0.4, -0.2) is 29.3 Å². The maximum Gasteiger partial charge on any atom is 0.251 e. The van der Waals surface area contributed by atoms with Gasteiger partial charge < -0.3 is 10.6 Å². The fourth-order valence-electron chi connectivity index (χ4n) is 2.01. The van der Waals surface area contributed by atoms with E-state index in [2.05, 4.69) is 15.7 Å². The van der Waals surface area contributed by atoms with Crippen molar-refractivity contribution in [1.82, 2.24) is 20.4 Å². The first-order chi connectivity index (χ1) is 9.70. The van der Waals surface area contributed by atoms with Crippen LogP contribution in [0.1, 0.15) is 21.6 Å². The molecule has 2 N–H and O–H groups in total. The van der Waals surface area contributed by atoms with E-state index in [9.17, 15) is 4.79 Å². The van der Waals surface area contributed by atoms with E-state index in [1.54, 1.807) is 7.05 Å². The summed E-state index contributed by atoms with van der Waals surface area (Å²) >= 11 is 0. The van der Waals surface area contributed by atoms with Gasteiger partial charge >= 0.3 is 0 Å². The minimum absolute atomic E-state index is 0.0549. The van der Waals surface area contributed by atoms with Crippen molar-refractivity contribution in [2.45, 2.75) is 13.0 Å². The number of aryl methyl sites for hydroxylation is 1. The second kappa shape index (κ2) is 6.86. The maximum atomic E-state index is 11.4. The Balaban J connectivity index is 1.77. The van der Waals surface area contributed by atoms with Crippen molar-refractivity contribution >= 4 is 5.91 Å². The molecule has 0 saturated carbocycles. The third-order valence-electron chi connectivity index (χ3n) is 3.25. The van der Waals surface area contributed by atoms with Gasteiger partial charge in [-0.05, 0) is 23.8 Å². The van der Waals surface area contributed by atoms with Gasteiger partial charge in [0.05, 0.1) is 0 Å². The van der Waals surface area contributed by atoms with E-state index in [1.807, 2.05) is 48.3 Å². The van der Waals surface area contributed by atoms with Crippen LogP contribution in [0.4, 0.5) is 0 Å². The predicted molar refractivity (Wildman–Crippen MR) is 78.5 cm³/mol. The molecule has 0 aliphatic rings. The second-order valence-corrected chi connectivity index (χ2v) is 4.65. The Kier molecular flexibility index (Phi) is 4.90. The van der Waals surface area contributed by atoms with Crippen molar-refractivity contribution in [3.63, 3.8) is 0 Å². The van der Waals surface area contributed by atoms with Crippen molar-refractivity contribution in [2.75, 3.05) is 13.6 Å². The van der Waals surface area contributed by atoms with Gasteiger partial charge in [0.25, 0.3) is 5.91 Å². The molecule has 2 rings (SSSR count). The standard InChI is InChI=1S/C15H20N4O/c1-16-15(20)13-5-3-12(4-6-13)11-17-9-7-14-8-10-18-19(14)2/h3-6,8,10,17H,7,9,11H2,1-2H3,(H,16,20). The molecule has 2 aromatic rings. The zero-order chi connectivity index (χ0) is 14.4. The van der Waals surface area contributed by atoms with Gasteiger partial charge in [-0.1, -0.05) is 12.1 Å². The molecule has 0 aliphatic heterocycles. The number of benzene rings is 1. The van der Waals surface area contributed by atoms with Crippen LogP contribution in [0, 0.1) is 0 Å². The lowest BCUT2D eigenvalue weighted by Gasteiger charge is -2.06. The van der Waals surface area contributed by atoms with E-state index in [1.165, 1.54) is 11.3 Å². The Morgan fingerprint density at radius 2 is 2.00 bits per heavy atom. The molecular formula is C15H20N4O. The summed E-state index contributed by atoms with van der Waals surface area (Å²) in [5.74, 6) is -0.0549. The highest BCUT2D eigenvalue weighted by Crippen LogP contribution is 2.04. The Hall–Kier alpha value is -2.14. The normalized spacial score (nSPS) is 10.5. The summed E-state index contributed by atoms with van der Waals surface area (Å²) in [6, 6.07) is 9.66. The predicted octanol–water partition coefficient (Wildman–Crippen LogP) is 1.11. The van der Waals surface area contributed by atoms with Gasteiger partial charge in [-0.2, -0.15) is 5.10 Å². The summed E-state index contributed by atoms with van der Waals surface area (Å²) in [6.45, 7) is 1.70. The number of rotatable bonds is 6. The van der Waals surface area contributed by atoms with Gasteiger partial charge in [0.15, 0.2) is 0 Å². The smallest absolute Gasteiger partial charge is 0.251 e. The lowest BCUT2D eigenvalue weighted by Crippen LogP contribution is -2.19. The zero-order valence-electron chi connectivity index (χ0n) is 11.9. The van der Waals surface area contributed by atoms with Gasteiger partial charge in [0.2, 0.25) is 0 Å². The highest BCUT2D eigenvalue weighted by molar-refractivity contribution is 5.93. The summed E-state index contributed by atoms with van der Waals surface area (Å²) < 4.78 is 1.89. The molecule has 5 heteroatoms. The third-order valence-corrected chi connectivity index (χ3v) is 3.25. The number of nitrogens with zero attached hydrogens (tertiary/aromatic N) is 2. The largest absolute Gasteiger partial charge is 0.355 e. The molecule has 0 fully saturated rings. The molecule has 20 heavy (non-hydrogen) atoms. The van der Waals surface area contributed by atoms with E-state index in [0.29, 0.717) is 5.56 Å². The number of carbonyl (C=O) groups excluding carboxylic acids is 1. The maximum absolute atomic E-state index is 11.4. The van der Waals surface area contributed by atoms with Crippen molar-refractivity contribution < 1.29 is 4.79 Å². The molecule has 1 aromatic carbocycles. The van der Waals surface area contributed by atoms with Gasteiger partial charge in [-0.15, -0.1) is 0 Å². The number of hydrogen-bond acceptors (Lipinski definition) is 3. The lowest BCUT2D eigenvalue weighted by molar-refractivity contribution is 0.0963. The first-order valence-electron chi connectivity index (χ1n) is 6.69. The van der Waals surface area contributed by atoms with Crippen LogP contribution in [0.2, 0.25) is 0 Å². The Morgan fingerprint density at radius 3 is 2.60 bits per heavy atom. The van der Waals surface area contributed by atoms with Gasteiger partial charge in [0.1, 0.15) is 0 Å².